The maximum absolute atomic E-state index is 11.1. The molecule has 2 unspecified atom stereocenters. The van der Waals surface area contributed by atoms with Gasteiger partial charge in [0, 0.05) is 18.1 Å². The SMILES string of the molecule is CCC(c1ccc([N+](=O)[O-])cc1)C(C)(N)C(=O)O. The molecule has 0 heterocycles. The lowest BCUT2D eigenvalue weighted by Gasteiger charge is -2.29. The number of nitrogens with two attached hydrogens (primary N) is 1. The predicted octanol–water partition coefficient (Wildman–Crippen LogP) is 1.89. The van der Waals surface area contributed by atoms with Gasteiger partial charge in [-0.2, -0.15) is 0 Å². The van der Waals surface area contributed by atoms with E-state index in [1.165, 1.54) is 19.1 Å². The highest BCUT2D eigenvalue weighted by molar-refractivity contribution is 5.79. The van der Waals surface area contributed by atoms with Gasteiger partial charge in [-0.05, 0) is 18.9 Å². The van der Waals surface area contributed by atoms with Gasteiger partial charge in [-0.1, -0.05) is 19.1 Å². The smallest absolute Gasteiger partial charge is 0.324 e. The van der Waals surface area contributed by atoms with E-state index in [4.69, 9.17) is 10.8 Å². The molecule has 2 atom stereocenters. The van der Waals surface area contributed by atoms with Crippen molar-refractivity contribution in [2.45, 2.75) is 31.7 Å². The highest BCUT2D eigenvalue weighted by atomic mass is 16.6. The average Bonchev–Trinajstić information content (AvgIpc) is 2.30. The Morgan fingerprint density at radius 3 is 2.33 bits per heavy atom. The summed E-state index contributed by atoms with van der Waals surface area (Å²) >= 11 is 0. The van der Waals surface area contributed by atoms with Crippen molar-refractivity contribution in [3.63, 3.8) is 0 Å². The summed E-state index contributed by atoms with van der Waals surface area (Å²) in [5.74, 6) is -1.48. The molecule has 1 rings (SSSR count). The van der Waals surface area contributed by atoms with Crippen LogP contribution in [0.1, 0.15) is 31.7 Å². The van der Waals surface area contributed by atoms with Gasteiger partial charge in [0.1, 0.15) is 5.54 Å². The molecule has 0 fully saturated rings. The van der Waals surface area contributed by atoms with Gasteiger partial charge < -0.3 is 10.8 Å². The lowest BCUT2D eigenvalue weighted by atomic mass is 9.79. The van der Waals surface area contributed by atoms with E-state index in [0.717, 1.165) is 0 Å². The van der Waals surface area contributed by atoms with Crippen molar-refractivity contribution < 1.29 is 14.8 Å². The third-order valence-electron chi connectivity index (χ3n) is 3.10. The number of nitro benzene ring substituents is 1. The summed E-state index contributed by atoms with van der Waals surface area (Å²) in [6, 6.07) is 5.83. The summed E-state index contributed by atoms with van der Waals surface area (Å²) in [7, 11) is 0. The molecule has 0 spiro atoms. The van der Waals surface area contributed by atoms with Gasteiger partial charge in [-0.15, -0.1) is 0 Å². The fourth-order valence-electron chi connectivity index (χ4n) is 1.98. The Morgan fingerprint density at radius 2 is 2.00 bits per heavy atom. The van der Waals surface area contributed by atoms with E-state index in [-0.39, 0.29) is 5.69 Å². The van der Waals surface area contributed by atoms with E-state index in [9.17, 15) is 14.9 Å². The van der Waals surface area contributed by atoms with Gasteiger partial charge in [0.15, 0.2) is 0 Å². The van der Waals surface area contributed by atoms with Gasteiger partial charge in [0.2, 0.25) is 0 Å². The van der Waals surface area contributed by atoms with Crippen LogP contribution in [-0.2, 0) is 4.79 Å². The zero-order valence-electron chi connectivity index (χ0n) is 10.3. The number of nitro groups is 1. The Kier molecular flexibility index (Phi) is 4.03. The first-order valence-electron chi connectivity index (χ1n) is 5.57. The third-order valence-corrected chi connectivity index (χ3v) is 3.10. The van der Waals surface area contributed by atoms with Crippen LogP contribution in [-0.4, -0.2) is 21.5 Å². The molecule has 3 N–H and O–H groups in total. The molecule has 0 bridgehead atoms. The number of aliphatic carboxylic acids is 1. The Hall–Kier alpha value is -1.95. The molecular weight excluding hydrogens is 236 g/mol. The number of nitrogens with zero attached hydrogens (tertiary/aromatic N) is 1. The number of benzene rings is 1. The minimum absolute atomic E-state index is 0.0253. The molecule has 0 aliphatic heterocycles. The number of carbonyl (C=O) groups is 1. The van der Waals surface area contributed by atoms with Gasteiger partial charge in [-0.3, -0.25) is 14.9 Å². The zero-order valence-corrected chi connectivity index (χ0v) is 10.3. The van der Waals surface area contributed by atoms with Crippen molar-refractivity contribution in [3.8, 4) is 0 Å². The molecule has 6 nitrogen and oxygen atoms in total. The number of carboxylic acids is 1. The number of rotatable bonds is 5. The summed E-state index contributed by atoms with van der Waals surface area (Å²) < 4.78 is 0. The third kappa shape index (κ3) is 2.65. The summed E-state index contributed by atoms with van der Waals surface area (Å²) in [5.41, 5.74) is 5.08. The Bertz CT molecular complexity index is 454. The Morgan fingerprint density at radius 1 is 1.50 bits per heavy atom. The first-order valence-corrected chi connectivity index (χ1v) is 5.57. The van der Waals surface area contributed by atoms with Crippen LogP contribution in [0.4, 0.5) is 5.69 Å². The fraction of sp³-hybridized carbons (Fsp3) is 0.417. The van der Waals surface area contributed by atoms with Crippen LogP contribution in [0.2, 0.25) is 0 Å². The number of hydrogen-bond donors (Lipinski definition) is 2. The van der Waals surface area contributed by atoms with Crippen molar-refractivity contribution in [1.82, 2.24) is 0 Å². The summed E-state index contributed by atoms with van der Waals surface area (Å²) in [4.78, 5) is 21.2. The Labute approximate surface area is 105 Å². The lowest BCUT2D eigenvalue weighted by molar-refractivity contribution is -0.384. The number of non-ortho nitro benzene ring substituents is 1. The van der Waals surface area contributed by atoms with Crippen molar-refractivity contribution in [2.75, 3.05) is 0 Å². The van der Waals surface area contributed by atoms with Crippen LogP contribution < -0.4 is 5.73 Å². The molecule has 0 aromatic heterocycles. The molecule has 6 heteroatoms. The summed E-state index contributed by atoms with van der Waals surface area (Å²) in [6.07, 6.45) is 0.539. The molecule has 0 aliphatic carbocycles. The highest BCUT2D eigenvalue weighted by Gasteiger charge is 2.37. The van der Waals surface area contributed by atoms with Gasteiger partial charge in [0.05, 0.1) is 4.92 Å². The monoisotopic (exact) mass is 252 g/mol. The molecule has 0 amide bonds. The molecular formula is C12H16N2O4. The molecule has 1 aromatic rings. The molecule has 1 aromatic carbocycles. The van der Waals surface area contributed by atoms with Crippen molar-refractivity contribution in [2.24, 2.45) is 5.73 Å². The molecule has 0 radical (unpaired) electrons. The largest absolute Gasteiger partial charge is 0.480 e. The first-order chi connectivity index (χ1) is 8.30. The van der Waals surface area contributed by atoms with Crippen LogP contribution >= 0.6 is 0 Å². The standard InChI is InChI=1S/C12H16N2O4/c1-3-10(12(2,13)11(15)16)8-4-6-9(7-5-8)14(17)18/h4-7,10H,3,13H2,1-2H3,(H,15,16). The lowest BCUT2D eigenvalue weighted by Crippen LogP contribution is -2.50. The summed E-state index contributed by atoms with van der Waals surface area (Å²) in [5, 5.41) is 19.7. The van der Waals surface area contributed by atoms with Crippen LogP contribution in [0.5, 0.6) is 0 Å². The van der Waals surface area contributed by atoms with Crippen LogP contribution in [0.3, 0.4) is 0 Å². The average molecular weight is 252 g/mol. The maximum Gasteiger partial charge on any atom is 0.324 e. The second-order valence-electron chi connectivity index (χ2n) is 4.40. The van der Waals surface area contributed by atoms with E-state index in [2.05, 4.69) is 0 Å². The van der Waals surface area contributed by atoms with E-state index < -0.39 is 22.3 Å². The molecule has 0 saturated heterocycles. The van der Waals surface area contributed by atoms with Crippen molar-refractivity contribution in [1.29, 1.82) is 0 Å². The number of hydrogen-bond acceptors (Lipinski definition) is 4. The Balaban J connectivity index is 3.10. The molecule has 18 heavy (non-hydrogen) atoms. The quantitative estimate of drug-likeness (QED) is 0.614. The minimum Gasteiger partial charge on any atom is -0.480 e. The topological polar surface area (TPSA) is 106 Å². The van der Waals surface area contributed by atoms with Crippen LogP contribution in [0, 0.1) is 10.1 Å². The van der Waals surface area contributed by atoms with Gasteiger partial charge in [0.25, 0.3) is 5.69 Å². The summed E-state index contributed by atoms with van der Waals surface area (Å²) in [6.45, 7) is 3.28. The fourth-order valence-corrected chi connectivity index (χ4v) is 1.98. The maximum atomic E-state index is 11.1. The number of carboxylic acid groups (broad SMARTS) is 1. The van der Waals surface area contributed by atoms with Crippen molar-refractivity contribution in [3.05, 3.63) is 39.9 Å². The van der Waals surface area contributed by atoms with E-state index in [0.29, 0.717) is 12.0 Å². The van der Waals surface area contributed by atoms with E-state index in [1.807, 2.05) is 6.92 Å². The highest BCUT2D eigenvalue weighted by Crippen LogP contribution is 2.30. The second kappa shape index (κ2) is 5.14. The minimum atomic E-state index is -1.40. The van der Waals surface area contributed by atoms with Gasteiger partial charge >= 0.3 is 5.97 Å². The van der Waals surface area contributed by atoms with E-state index in [1.54, 1.807) is 12.1 Å². The van der Waals surface area contributed by atoms with Crippen LogP contribution in [0.25, 0.3) is 0 Å². The molecule has 0 saturated carbocycles. The molecule has 0 aliphatic rings. The molecule has 98 valence electrons. The van der Waals surface area contributed by atoms with Crippen molar-refractivity contribution >= 4 is 11.7 Å². The van der Waals surface area contributed by atoms with Gasteiger partial charge in [-0.25, -0.2) is 0 Å². The van der Waals surface area contributed by atoms with Crippen LogP contribution in [0.15, 0.2) is 24.3 Å². The van der Waals surface area contributed by atoms with E-state index >= 15 is 0 Å². The normalized spacial score (nSPS) is 15.7. The predicted molar refractivity (Wildman–Crippen MR) is 66.4 cm³/mol. The second-order valence-corrected chi connectivity index (χ2v) is 4.40. The first kappa shape index (κ1) is 14.1. The zero-order chi connectivity index (χ0) is 13.9.